The number of aromatic nitrogens is 2. The maximum Gasteiger partial charge on any atom is 0.187 e. The number of rotatable bonds is 5. The molecule has 0 aromatic carbocycles. The molecule has 4 nitrogen and oxygen atoms in total. The third kappa shape index (κ3) is 2.71. The zero-order valence-corrected chi connectivity index (χ0v) is 11.3. The van der Waals surface area contributed by atoms with E-state index in [0.29, 0.717) is 29.9 Å². The summed E-state index contributed by atoms with van der Waals surface area (Å²) in [6.07, 6.45) is 5.43. The molecule has 1 aromatic heterocycles. The highest BCUT2D eigenvalue weighted by atomic mass is 19.1. The number of aryl methyl sites for hydroxylation is 1. The SMILES string of the molecule is CCc1ncnc(N(C[C@H]2CCOC2)C2CC2)c1F. The smallest absolute Gasteiger partial charge is 0.187 e. The third-order valence-corrected chi connectivity index (χ3v) is 3.92. The first-order chi connectivity index (χ1) is 9.29. The van der Waals surface area contributed by atoms with Gasteiger partial charge in [0.15, 0.2) is 11.6 Å². The van der Waals surface area contributed by atoms with Gasteiger partial charge in [-0.1, -0.05) is 6.92 Å². The molecule has 0 amide bonds. The lowest BCUT2D eigenvalue weighted by atomic mass is 10.1. The van der Waals surface area contributed by atoms with Crippen molar-refractivity contribution in [1.29, 1.82) is 0 Å². The Labute approximate surface area is 113 Å². The molecule has 0 unspecified atom stereocenters. The van der Waals surface area contributed by atoms with Crippen molar-refractivity contribution in [2.75, 3.05) is 24.7 Å². The van der Waals surface area contributed by atoms with E-state index < -0.39 is 0 Å². The molecule has 1 aromatic rings. The topological polar surface area (TPSA) is 38.2 Å². The standard InChI is InChI=1S/C14H20FN3O/c1-2-12-13(15)14(17-9-16-12)18(11-3-4-11)7-10-5-6-19-8-10/h9-11H,2-8H2,1H3/t10-/m1/s1. The molecule has 19 heavy (non-hydrogen) atoms. The van der Waals surface area contributed by atoms with Gasteiger partial charge in [0.2, 0.25) is 0 Å². The maximum atomic E-state index is 14.4. The third-order valence-electron chi connectivity index (χ3n) is 3.92. The minimum Gasteiger partial charge on any atom is -0.381 e. The zero-order chi connectivity index (χ0) is 13.2. The Morgan fingerprint density at radius 2 is 2.21 bits per heavy atom. The predicted molar refractivity (Wildman–Crippen MR) is 70.7 cm³/mol. The number of hydrogen-bond acceptors (Lipinski definition) is 4. The van der Waals surface area contributed by atoms with E-state index in [1.165, 1.54) is 6.33 Å². The quantitative estimate of drug-likeness (QED) is 0.818. The highest BCUT2D eigenvalue weighted by Gasteiger charge is 2.34. The Bertz CT molecular complexity index is 444. The van der Waals surface area contributed by atoms with Gasteiger partial charge in [0.05, 0.1) is 12.3 Å². The van der Waals surface area contributed by atoms with Crippen molar-refractivity contribution in [3.8, 4) is 0 Å². The van der Waals surface area contributed by atoms with Gasteiger partial charge in [0.25, 0.3) is 0 Å². The largest absolute Gasteiger partial charge is 0.381 e. The van der Waals surface area contributed by atoms with Crippen LogP contribution in [-0.4, -0.2) is 35.8 Å². The Balaban J connectivity index is 1.82. The molecule has 3 rings (SSSR count). The van der Waals surface area contributed by atoms with Crippen LogP contribution in [0.15, 0.2) is 6.33 Å². The average Bonchev–Trinajstić information content (AvgIpc) is 3.14. The molecular weight excluding hydrogens is 245 g/mol. The lowest BCUT2D eigenvalue weighted by Gasteiger charge is -2.26. The van der Waals surface area contributed by atoms with E-state index in [1.54, 1.807) is 0 Å². The average molecular weight is 265 g/mol. The second-order valence-corrected chi connectivity index (χ2v) is 5.42. The summed E-state index contributed by atoms with van der Waals surface area (Å²) in [7, 11) is 0. The summed E-state index contributed by atoms with van der Waals surface area (Å²) in [5.74, 6) is 0.747. The van der Waals surface area contributed by atoms with Gasteiger partial charge in [0, 0.05) is 25.1 Å². The van der Waals surface area contributed by atoms with Crippen molar-refractivity contribution in [3.63, 3.8) is 0 Å². The maximum absolute atomic E-state index is 14.4. The molecular formula is C14H20FN3O. The molecule has 5 heteroatoms. The first-order valence-electron chi connectivity index (χ1n) is 7.13. The number of ether oxygens (including phenoxy) is 1. The molecule has 1 aliphatic carbocycles. The van der Waals surface area contributed by atoms with E-state index in [1.807, 2.05) is 6.92 Å². The van der Waals surface area contributed by atoms with Gasteiger partial charge in [-0.15, -0.1) is 0 Å². The normalized spacial score (nSPS) is 22.7. The van der Waals surface area contributed by atoms with Crippen molar-refractivity contribution in [2.24, 2.45) is 5.92 Å². The van der Waals surface area contributed by atoms with Crippen molar-refractivity contribution in [3.05, 3.63) is 17.8 Å². The first kappa shape index (κ1) is 12.8. The molecule has 104 valence electrons. The summed E-state index contributed by atoms with van der Waals surface area (Å²) in [5, 5.41) is 0. The molecule has 2 aliphatic rings. The monoisotopic (exact) mass is 265 g/mol. The molecule has 0 spiro atoms. The number of anilines is 1. The minimum atomic E-state index is -0.240. The van der Waals surface area contributed by atoms with Crippen LogP contribution in [-0.2, 0) is 11.2 Å². The fraction of sp³-hybridized carbons (Fsp3) is 0.714. The summed E-state index contributed by atoms with van der Waals surface area (Å²) < 4.78 is 19.8. The number of hydrogen-bond donors (Lipinski definition) is 0. The molecule has 1 aliphatic heterocycles. The van der Waals surface area contributed by atoms with Crippen LogP contribution in [0.4, 0.5) is 10.2 Å². The highest BCUT2D eigenvalue weighted by molar-refractivity contribution is 5.44. The molecule has 0 N–H and O–H groups in total. The van der Waals surface area contributed by atoms with E-state index in [9.17, 15) is 4.39 Å². The summed E-state index contributed by atoms with van der Waals surface area (Å²) in [6.45, 7) is 4.38. The van der Waals surface area contributed by atoms with Crippen molar-refractivity contribution in [2.45, 2.75) is 38.6 Å². The van der Waals surface area contributed by atoms with Crippen LogP contribution in [0.3, 0.4) is 0 Å². The fourth-order valence-electron chi connectivity index (χ4n) is 2.64. The molecule has 2 fully saturated rings. The Morgan fingerprint density at radius 1 is 1.37 bits per heavy atom. The van der Waals surface area contributed by atoms with Crippen LogP contribution in [0.25, 0.3) is 0 Å². The zero-order valence-electron chi connectivity index (χ0n) is 11.3. The number of nitrogens with zero attached hydrogens (tertiary/aromatic N) is 3. The Kier molecular flexibility index (Phi) is 3.64. The summed E-state index contributed by atoms with van der Waals surface area (Å²) in [5.41, 5.74) is 0.512. The highest BCUT2D eigenvalue weighted by Crippen LogP contribution is 2.34. The summed E-state index contributed by atoms with van der Waals surface area (Å²) >= 11 is 0. The van der Waals surface area contributed by atoms with E-state index in [-0.39, 0.29) is 5.82 Å². The van der Waals surface area contributed by atoms with E-state index in [2.05, 4.69) is 14.9 Å². The van der Waals surface area contributed by atoms with Gasteiger partial charge >= 0.3 is 0 Å². The summed E-state index contributed by atoms with van der Waals surface area (Å²) in [6, 6.07) is 0.453. The lowest BCUT2D eigenvalue weighted by molar-refractivity contribution is 0.186. The van der Waals surface area contributed by atoms with Crippen LogP contribution < -0.4 is 4.90 Å². The van der Waals surface area contributed by atoms with Crippen LogP contribution >= 0.6 is 0 Å². The van der Waals surface area contributed by atoms with Crippen LogP contribution in [0.5, 0.6) is 0 Å². The predicted octanol–water partition coefficient (Wildman–Crippen LogP) is 2.18. The van der Waals surface area contributed by atoms with Gasteiger partial charge < -0.3 is 9.64 Å². The molecule has 0 radical (unpaired) electrons. The molecule has 1 saturated carbocycles. The van der Waals surface area contributed by atoms with Gasteiger partial charge in [-0.05, 0) is 25.7 Å². The molecule has 2 heterocycles. The molecule has 0 bridgehead atoms. The first-order valence-corrected chi connectivity index (χ1v) is 7.13. The van der Waals surface area contributed by atoms with Crippen LogP contribution in [0.1, 0.15) is 31.9 Å². The molecule has 1 saturated heterocycles. The number of halogens is 1. The van der Waals surface area contributed by atoms with Crippen LogP contribution in [0.2, 0.25) is 0 Å². The minimum absolute atomic E-state index is 0.240. The van der Waals surface area contributed by atoms with Gasteiger partial charge in [-0.2, -0.15) is 0 Å². The van der Waals surface area contributed by atoms with Gasteiger partial charge in [-0.25, -0.2) is 14.4 Å². The Morgan fingerprint density at radius 3 is 2.84 bits per heavy atom. The van der Waals surface area contributed by atoms with Gasteiger partial charge in [-0.3, -0.25) is 0 Å². The second kappa shape index (κ2) is 5.41. The van der Waals surface area contributed by atoms with Crippen LogP contribution in [0, 0.1) is 11.7 Å². The van der Waals surface area contributed by atoms with E-state index in [0.717, 1.165) is 39.0 Å². The van der Waals surface area contributed by atoms with Crippen molar-refractivity contribution >= 4 is 5.82 Å². The Hall–Kier alpha value is -1.23. The second-order valence-electron chi connectivity index (χ2n) is 5.42. The summed E-state index contributed by atoms with van der Waals surface area (Å²) in [4.78, 5) is 10.3. The van der Waals surface area contributed by atoms with E-state index in [4.69, 9.17) is 4.74 Å². The van der Waals surface area contributed by atoms with Crippen molar-refractivity contribution < 1.29 is 9.13 Å². The van der Waals surface area contributed by atoms with E-state index >= 15 is 0 Å². The van der Waals surface area contributed by atoms with Crippen molar-refractivity contribution in [1.82, 2.24) is 9.97 Å². The fourth-order valence-corrected chi connectivity index (χ4v) is 2.64. The molecule has 1 atom stereocenters. The van der Waals surface area contributed by atoms with Gasteiger partial charge in [0.1, 0.15) is 6.33 Å². The lowest BCUT2D eigenvalue weighted by Crippen LogP contribution is -2.33.